The predicted octanol–water partition coefficient (Wildman–Crippen LogP) is 1.96. The molecule has 134 valence electrons. The van der Waals surface area contributed by atoms with E-state index in [0.29, 0.717) is 23.7 Å². The van der Waals surface area contributed by atoms with Gasteiger partial charge in [-0.1, -0.05) is 30.3 Å². The van der Waals surface area contributed by atoms with Gasteiger partial charge < -0.3 is 4.90 Å². The van der Waals surface area contributed by atoms with Crippen LogP contribution in [0.25, 0.3) is 0 Å². The molecule has 1 aromatic carbocycles. The number of hydrogen-bond donors (Lipinski definition) is 0. The molecule has 0 radical (unpaired) electrons. The van der Waals surface area contributed by atoms with Crippen LogP contribution in [0.15, 0.2) is 46.2 Å². The fourth-order valence-electron chi connectivity index (χ4n) is 3.18. The molecule has 2 heterocycles. The lowest BCUT2D eigenvalue weighted by Gasteiger charge is -2.26. The lowest BCUT2D eigenvalue weighted by Crippen LogP contribution is -2.36. The first-order valence-electron chi connectivity index (χ1n) is 8.09. The Balaban J connectivity index is 2.11. The van der Waals surface area contributed by atoms with Gasteiger partial charge in [-0.15, -0.1) is 11.6 Å². The van der Waals surface area contributed by atoms with E-state index in [-0.39, 0.29) is 16.7 Å². The van der Waals surface area contributed by atoms with Crippen molar-refractivity contribution >= 4 is 27.1 Å². The first kappa shape index (κ1) is 17.9. The standard InChI is InChI=1S/C17H20ClN3O3S/c1-20-17(22)16(25(23,24)12-13-6-3-2-4-7-13)15(11-19-20)21-9-5-8-14(21)10-18/h2-4,6-7,11,14H,5,8-10,12H2,1H3/t14-/m0/s1. The van der Waals surface area contributed by atoms with E-state index in [0.717, 1.165) is 17.5 Å². The Morgan fingerprint density at radius 3 is 2.68 bits per heavy atom. The summed E-state index contributed by atoms with van der Waals surface area (Å²) in [7, 11) is -2.37. The van der Waals surface area contributed by atoms with Crippen LogP contribution in [-0.4, -0.2) is 36.7 Å². The van der Waals surface area contributed by atoms with Gasteiger partial charge >= 0.3 is 0 Å². The molecule has 2 aromatic rings. The van der Waals surface area contributed by atoms with Crippen LogP contribution in [-0.2, 0) is 22.6 Å². The molecule has 0 bridgehead atoms. The van der Waals surface area contributed by atoms with E-state index in [1.54, 1.807) is 24.3 Å². The van der Waals surface area contributed by atoms with E-state index in [4.69, 9.17) is 11.6 Å². The number of sulfone groups is 1. The fraction of sp³-hybridized carbons (Fsp3) is 0.412. The van der Waals surface area contributed by atoms with Crippen molar-refractivity contribution in [1.82, 2.24) is 9.78 Å². The van der Waals surface area contributed by atoms with E-state index in [1.807, 2.05) is 11.0 Å². The number of aromatic nitrogens is 2. The van der Waals surface area contributed by atoms with Gasteiger partial charge in [-0.25, -0.2) is 13.1 Å². The van der Waals surface area contributed by atoms with Crippen LogP contribution in [0.1, 0.15) is 18.4 Å². The molecule has 0 amide bonds. The van der Waals surface area contributed by atoms with Crippen LogP contribution in [0.4, 0.5) is 5.69 Å². The van der Waals surface area contributed by atoms with E-state index in [9.17, 15) is 13.2 Å². The monoisotopic (exact) mass is 381 g/mol. The van der Waals surface area contributed by atoms with Gasteiger partial charge in [-0.05, 0) is 18.4 Å². The SMILES string of the molecule is Cn1ncc(N2CCC[C@H]2CCl)c(S(=O)(=O)Cc2ccccc2)c1=O. The van der Waals surface area contributed by atoms with E-state index < -0.39 is 15.4 Å². The van der Waals surface area contributed by atoms with Crippen molar-refractivity contribution in [3.63, 3.8) is 0 Å². The van der Waals surface area contributed by atoms with Crippen molar-refractivity contribution in [3.8, 4) is 0 Å². The smallest absolute Gasteiger partial charge is 0.287 e. The molecule has 1 aromatic heterocycles. The summed E-state index contributed by atoms with van der Waals surface area (Å²) in [5, 5.41) is 4.03. The molecule has 1 saturated heterocycles. The minimum Gasteiger partial charge on any atom is -0.365 e. The average Bonchev–Trinajstić information content (AvgIpc) is 3.06. The third kappa shape index (κ3) is 3.57. The summed E-state index contributed by atoms with van der Waals surface area (Å²) < 4.78 is 27.2. The van der Waals surface area contributed by atoms with Crippen LogP contribution in [0.5, 0.6) is 0 Å². The van der Waals surface area contributed by atoms with E-state index in [2.05, 4.69) is 5.10 Å². The molecule has 8 heteroatoms. The summed E-state index contributed by atoms with van der Waals surface area (Å²) in [6.07, 6.45) is 3.24. The molecule has 1 aliphatic heterocycles. The van der Waals surface area contributed by atoms with Crippen LogP contribution in [0.3, 0.4) is 0 Å². The van der Waals surface area contributed by atoms with Gasteiger partial charge in [0.05, 0.1) is 17.6 Å². The average molecular weight is 382 g/mol. The number of hydrogen-bond acceptors (Lipinski definition) is 5. The number of halogens is 1. The van der Waals surface area contributed by atoms with E-state index in [1.165, 1.54) is 13.2 Å². The Kier molecular flexibility index (Phi) is 5.15. The van der Waals surface area contributed by atoms with Crippen LogP contribution >= 0.6 is 11.6 Å². The summed E-state index contributed by atoms with van der Waals surface area (Å²) in [6, 6.07) is 8.87. The normalized spacial score (nSPS) is 17.8. The summed E-state index contributed by atoms with van der Waals surface area (Å²) >= 11 is 6.03. The van der Waals surface area contributed by atoms with Gasteiger partial charge in [0.2, 0.25) is 0 Å². The summed E-state index contributed by atoms with van der Waals surface area (Å²) in [6.45, 7) is 0.667. The molecule has 1 aliphatic rings. The third-order valence-corrected chi connectivity index (χ3v) is 6.52. The number of rotatable bonds is 5. The zero-order valence-electron chi connectivity index (χ0n) is 13.9. The number of aryl methyl sites for hydroxylation is 1. The second-order valence-corrected chi connectivity index (χ2v) is 8.41. The molecule has 0 unspecified atom stereocenters. The van der Waals surface area contributed by atoms with Crippen LogP contribution in [0.2, 0.25) is 0 Å². The Bertz CT molecular complexity index is 912. The van der Waals surface area contributed by atoms with Gasteiger partial charge in [0.25, 0.3) is 5.56 Å². The maximum absolute atomic E-state index is 13.0. The molecule has 25 heavy (non-hydrogen) atoms. The highest BCUT2D eigenvalue weighted by Gasteiger charge is 2.32. The lowest BCUT2D eigenvalue weighted by atomic mass is 10.2. The molecule has 0 aliphatic carbocycles. The fourth-order valence-corrected chi connectivity index (χ4v) is 5.17. The molecule has 0 saturated carbocycles. The lowest BCUT2D eigenvalue weighted by molar-refractivity contribution is 0.586. The summed E-state index contributed by atoms with van der Waals surface area (Å²) in [5.74, 6) is 0.160. The topological polar surface area (TPSA) is 72.3 Å². The zero-order valence-corrected chi connectivity index (χ0v) is 15.5. The Morgan fingerprint density at radius 2 is 2.00 bits per heavy atom. The van der Waals surface area contributed by atoms with Gasteiger partial charge in [0.15, 0.2) is 14.7 Å². The molecular formula is C17H20ClN3O3S. The Labute approximate surface area is 152 Å². The molecular weight excluding hydrogens is 362 g/mol. The zero-order chi connectivity index (χ0) is 18.0. The van der Waals surface area contributed by atoms with E-state index >= 15 is 0 Å². The summed E-state index contributed by atoms with van der Waals surface area (Å²) in [4.78, 5) is 14.4. The number of anilines is 1. The van der Waals surface area contributed by atoms with Gasteiger partial charge in [-0.2, -0.15) is 5.10 Å². The van der Waals surface area contributed by atoms with Crippen molar-refractivity contribution in [2.24, 2.45) is 7.05 Å². The largest absolute Gasteiger partial charge is 0.365 e. The van der Waals surface area contributed by atoms with Crippen molar-refractivity contribution < 1.29 is 8.42 Å². The highest BCUT2D eigenvalue weighted by Crippen LogP contribution is 2.30. The first-order chi connectivity index (χ1) is 11.9. The van der Waals surface area contributed by atoms with Crippen LogP contribution in [0, 0.1) is 0 Å². The van der Waals surface area contributed by atoms with Gasteiger partial charge in [-0.3, -0.25) is 4.79 Å². The highest BCUT2D eigenvalue weighted by atomic mass is 35.5. The van der Waals surface area contributed by atoms with Crippen LogP contribution < -0.4 is 10.5 Å². The van der Waals surface area contributed by atoms with Crippen molar-refractivity contribution in [2.75, 3.05) is 17.3 Å². The van der Waals surface area contributed by atoms with Crippen molar-refractivity contribution in [2.45, 2.75) is 29.5 Å². The second-order valence-electron chi connectivity index (χ2n) is 6.18. The Hall–Kier alpha value is -1.86. The molecule has 6 nitrogen and oxygen atoms in total. The molecule has 0 N–H and O–H groups in total. The minimum absolute atomic E-state index is 0.0150. The first-order valence-corrected chi connectivity index (χ1v) is 10.3. The quantitative estimate of drug-likeness (QED) is 0.740. The number of nitrogens with zero attached hydrogens (tertiary/aromatic N) is 3. The maximum atomic E-state index is 13.0. The molecule has 1 fully saturated rings. The number of benzene rings is 1. The molecule has 1 atom stereocenters. The van der Waals surface area contributed by atoms with Gasteiger partial charge in [0, 0.05) is 25.5 Å². The minimum atomic E-state index is -3.82. The second kappa shape index (κ2) is 7.17. The third-order valence-electron chi connectivity index (χ3n) is 4.45. The number of alkyl halides is 1. The molecule has 0 spiro atoms. The maximum Gasteiger partial charge on any atom is 0.287 e. The van der Waals surface area contributed by atoms with Crippen molar-refractivity contribution in [3.05, 3.63) is 52.4 Å². The predicted molar refractivity (Wildman–Crippen MR) is 97.9 cm³/mol. The highest BCUT2D eigenvalue weighted by molar-refractivity contribution is 7.90. The summed E-state index contributed by atoms with van der Waals surface area (Å²) in [5.41, 5.74) is 0.401. The van der Waals surface area contributed by atoms with Crippen molar-refractivity contribution in [1.29, 1.82) is 0 Å². The molecule has 3 rings (SSSR count). The Morgan fingerprint density at radius 1 is 1.28 bits per heavy atom. The van der Waals surface area contributed by atoms with Gasteiger partial charge in [0.1, 0.15) is 0 Å².